The largest absolute Gasteiger partial charge is 0.507 e. The number of phenols is 1. The van der Waals surface area contributed by atoms with Gasteiger partial charge in [0.15, 0.2) is 0 Å². The first kappa shape index (κ1) is 22.2. The normalized spacial score (nSPS) is 10.5. The van der Waals surface area contributed by atoms with E-state index in [9.17, 15) is 9.90 Å². The Morgan fingerprint density at radius 3 is 1.97 bits per heavy atom. The summed E-state index contributed by atoms with van der Waals surface area (Å²) in [6.07, 6.45) is 3.96. The molecule has 0 radical (unpaired) electrons. The van der Waals surface area contributed by atoms with Crippen molar-refractivity contribution in [3.63, 3.8) is 0 Å². The number of rotatable bonds is 11. The number of hydrogen-bond donors (Lipinski definition) is 1. The van der Waals surface area contributed by atoms with Crippen molar-refractivity contribution in [1.29, 1.82) is 0 Å². The van der Waals surface area contributed by atoms with Gasteiger partial charge in [0.05, 0.1) is 20.3 Å². The van der Waals surface area contributed by atoms with Crippen molar-refractivity contribution < 1.29 is 24.1 Å². The SMILES string of the molecule is COC(=O)c1cc(OCCCCCCOc2ccc(-c3ccccc3)cc2)ccc1O. The molecule has 0 aliphatic carbocycles. The van der Waals surface area contributed by atoms with Gasteiger partial charge in [0.2, 0.25) is 0 Å². The van der Waals surface area contributed by atoms with Crippen LogP contribution in [0.3, 0.4) is 0 Å². The molecule has 0 unspecified atom stereocenters. The maximum atomic E-state index is 11.6. The van der Waals surface area contributed by atoms with Gasteiger partial charge in [-0.05, 0) is 67.1 Å². The van der Waals surface area contributed by atoms with Gasteiger partial charge in [0.1, 0.15) is 22.8 Å². The average molecular weight is 421 g/mol. The van der Waals surface area contributed by atoms with Gasteiger partial charge in [-0.3, -0.25) is 0 Å². The molecule has 3 aromatic carbocycles. The molecule has 0 aliphatic rings. The Bertz CT molecular complexity index is 951. The first-order chi connectivity index (χ1) is 15.2. The highest BCUT2D eigenvalue weighted by molar-refractivity contribution is 5.92. The van der Waals surface area contributed by atoms with E-state index in [1.54, 1.807) is 6.07 Å². The zero-order valence-corrected chi connectivity index (χ0v) is 17.8. The summed E-state index contributed by atoms with van der Waals surface area (Å²) in [5, 5.41) is 9.71. The number of benzene rings is 3. The lowest BCUT2D eigenvalue weighted by Crippen LogP contribution is -2.03. The summed E-state index contributed by atoms with van der Waals surface area (Å²) in [7, 11) is 1.28. The van der Waals surface area contributed by atoms with E-state index < -0.39 is 5.97 Å². The van der Waals surface area contributed by atoms with Crippen LogP contribution in [-0.4, -0.2) is 31.4 Å². The fraction of sp³-hybridized carbons (Fsp3) is 0.269. The van der Waals surface area contributed by atoms with Crippen LogP contribution in [0.15, 0.2) is 72.8 Å². The molecule has 0 spiro atoms. The maximum Gasteiger partial charge on any atom is 0.341 e. The number of hydrogen-bond acceptors (Lipinski definition) is 5. The maximum absolute atomic E-state index is 11.6. The Hall–Kier alpha value is -3.47. The molecule has 0 bridgehead atoms. The van der Waals surface area contributed by atoms with E-state index in [0.717, 1.165) is 31.4 Å². The lowest BCUT2D eigenvalue weighted by Gasteiger charge is -2.09. The molecule has 5 nitrogen and oxygen atoms in total. The first-order valence-corrected chi connectivity index (χ1v) is 10.5. The summed E-state index contributed by atoms with van der Waals surface area (Å²) in [6, 6.07) is 23.0. The van der Waals surface area contributed by atoms with Crippen molar-refractivity contribution in [1.82, 2.24) is 0 Å². The van der Waals surface area contributed by atoms with Crippen LogP contribution in [0.2, 0.25) is 0 Å². The number of ether oxygens (including phenoxy) is 3. The molecule has 0 aromatic heterocycles. The van der Waals surface area contributed by atoms with Gasteiger partial charge in [0, 0.05) is 0 Å². The third kappa shape index (κ3) is 6.78. The molecule has 0 atom stereocenters. The number of unbranched alkanes of at least 4 members (excludes halogenated alkanes) is 3. The van der Waals surface area contributed by atoms with Gasteiger partial charge in [-0.25, -0.2) is 4.79 Å². The minimum Gasteiger partial charge on any atom is -0.507 e. The van der Waals surface area contributed by atoms with Crippen LogP contribution in [-0.2, 0) is 4.74 Å². The summed E-state index contributed by atoms with van der Waals surface area (Å²) >= 11 is 0. The summed E-state index contributed by atoms with van der Waals surface area (Å²) in [4.78, 5) is 11.6. The summed E-state index contributed by atoms with van der Waals surface area (Å²) < 4.78 is 16.1. The summed E-state index contributed by atoms with van der Waals surface area (Å²) in [6.45, 7) is 1.24. The van der Waals surface area contributed by atoms with E-state index in [1.807, 2.05) is 30.3 Å². The monoisotopic (exact) mass is 420 g/mol. The lowest BCUT2D eigenvalue weighted by molar-refractivity contribution is 0.0597. The number of phenolic OH excluding ortho intramolecular Hbond substituents is 1. The summed E-state index contributed by atoms with van der Waals surface area (Å²) in [5.74, 6) is 0.726. The predicted molar refractivity (Wildman–Crippen MR) is 121 cm³/mol. The van der Waals surface area contributed by atoms with Crippen LogP contribution >= 0.6 is 0 Å². The van der Waals surface area contributed by atoms with Crippen molar-refractivity contribution in [3.05, 3.63) is 78.4 Å². The Morgan fingerprint density at radius 1 is 0.742 bits per heavy atom. The molecule has 0 fully saturated rings. The number of methoxy groups -OCH3 is 1. The molecular weight excluding hydrogens is 392 g/mol. The topological polar surface area (TPSA) is 65.0 Å². The first-order valence-electron chi connectivity index (χ1n) is 10.5. The van der Waals surface area contributed by atoms with Crippen molar-refractivity contribution in [2.24, 2.45) is 0 Å². The van der Waals surface area contributed by atoms with Gasteiger partial charge in [-0.2, -0.15) is 0 Å². The number of carbonyl (C=O) groups is 1. The predicted octanol–water partition coefficient (Wildman–Crippen LogP) is 5.86. The third-order valence-electron chi connectivity index (χ3n) is 4.91. The molecule has 1 N–H and O–H groups in total. The number of carbonyl (C=O) groups excluding carboxylic acids is 1. The highest BCUT2D eigenvalue weighted by Crippen LogP contribution is 2.24. The van der Waals surface area contributed by atoms with Crippen molar-refractivity contribution in [3.8, 4) is 28.4 Å². The zero-order valence-electron chi connectivity index (χ0n) is 17.8. The van der Waals surface area contributed by atoms with E-state index in [0.29, 0.717) is 19.0 Å². The minimum atomic E-state index is -0.586. The molecule has 0 heterocycles. The fourth-order valence-electron chi connectivity index (χ4n) is 3.19. The van der Waals surface area contributed by atoms with Crippen molar-refractivity contribution >= 4 is 5.97 Å². The second-order valence-corrected chi connectivity index (χ2v) is 7.17. The molecule has 5 heteroatoms. The Balaban J connectivity index is 1.29. The van der Waals surface area contributed by atoms with E-state index in [4.69, 9.17) is 9.47 Å². The molecule has 0 saturated carbocycles. The van der Waals surface area contributed by atoms with Crippen LogP contribution in [0.4, 0.5) is 0 Å². The van der Waals surface area contributed by atoms with E-state index in [-0.39, 0.29) is 11.3 Å². The van der Waals surface area contributed by atoms with Gasteiger partial charge >= 0.3 is 5.97 Å². The fourth-order valence-corrected chi connectivity index (χ4v) is 3.19. The standard InChI is InChI=1S/C26H28O5/c1-29-26(28)24-19-23(15-16-25(24)27)31-18-8-3-2-7-17-30-22-13-11-21(12-14-22)20-9-5-4-6-10-20/h4-6,9-16,19,27H,2-3,7-8,17-18H2,1H3. The Kier molecular flexibility index (Phi) is 8.35. The van der Waals surface area contributed by atoms with Gasteiger partial charge < -0.3 is 19.3 Å². The van der Waals surface area contributed by atoms with E-state index >= 15 is 0 Å². The quantitative estimate of drug-likeness (QED) is 0.311. The Labute approximate surface area is 183 Å². The van der Waals surface area contributed by atoms with Crippen LogP contribution in [0.1, 0.15) is 36.0 Å². The van der Waals surface area contributed by atoms with Gasteiger partial charge in [-0.1, -0.05) is 42.5 Å². The summed E-state index contributed by atoms with van der Waals surface area (Å²) in [5.41, 5.74) is 2.49. The Morgan fingerprint density at radius 2 is 1.32 bits per heavy atom. The zero-order chi connectivity index (χ0) is 21.9. The van der Waals surface area contributed by atoms with Gasteiger partial charge in [-0.15, -0.1) is 0 Å². The molecule has 3 aromatic rings. The highest BCUT2D eigenvalue weighted by atomic mass is 16.5. The minimum absolute atomic E-state index is 0.106. The molecule has 0 saturated heterocycles. The number of aromatic hydroxyl groups is 1. The molecular formula is C26H28O5. The van der Waals surface area contributed by atoms with Gasteiger partial charge in [0.25, 0.3) is 0 Å². The molecule has 0 amide bonds. The second kappa shape index (κ2) is 11.6. The van der Waals surface area contributed by atoms with Crippen molar-refractivity contribution in [2.45, 2.75) is 25.7 Å². The smallest absolute Gasteiger partial charge is 0.341 e. The van der Waals surface area contributed by atoms with Crippen molar-refractivity contribution in [2.75, 3.05) is 20.3 Å². The average Bonchev–Trinajstić information content (AvgIpc) is 2.82. The molecule has 31 heavy (non-hydrogen) atoms. The lowest BCUT2D eigenvalue weighted by atomic mass is 10.1. The van der Waals surface area contributed by atoms with Crippen LogP contribution in [0.25, 0.3) is 11.1 Å². The van der Waals surface area contributed by atoms with Crippen LogP contribution in [0.5, 0.6) is 17.2 Å². The number of esters is 1. The molecule has 0 aliphatic heterocycles. The third-order valence-corrected chi connectivity index (χ3v) is 4.91. The second-order valence-electron chi connectivity index (χ2n) is 7.17. The van der Waals surface area contributed by atoms with Crippen LogP contribution < -0.4 is 9.47 Å². The van der Waals surface area contributed by atoms with Crippen LogP contribution in [0, 0.1) is 0 Å². The van der Waals surface area contributed by atoms with E-state index in [1.165, 1.54) is 30.4 Å². The molecule has 3 rings (SSSR count). The molecule has 162 valence electrons. The van der Waals surface area contributed by atoms with E-state index in [2.05, 4.69) is 29.0 Å². The highest BCUT2D eigenvalue weighted by Gasteiger charge is 2.12.